The van der Waals surface area contributed by atoms with E-state index in [-0.39, 0.29) is 16.4 Å². The van der Waals surface area contributed by atoms with Gasteiger partial charge in [0.1, 0.15) is 5.75 Å². The molecule has 0 spiro atoms. The number of sulfonamides is 1. The summed E-state index contributed by atoms with van der Waals surface area (Å²) in [7, 11) is -2.41. The minimum Gasteiger partial charge on any atom is -0.496 e. The van der Waals surface area contributed by atoms with Gasteiger partial charge in [0.05, 0.1) is 17.6 Å². The van der Waals surface area contributed by atoms with Crippen molar-refractivity contribution < 1.29 is 17.9 Å². The summed E-state index contributed by atoms with van der Waals surface area (Å²) in [6, 6.07) is 4.56. The Labute approximate surface area is 148 Å². The predicted octanol–water partition coefficient (Wildman–Crippen LogP) is 0.947. The van der Waals surface area contributed by atoms with Gasteiger partial charge >= 0.3 is 0 Å². The molecule has 7 nitrogen and oxygen atoms in total. The minimum absolute atomic E-state index is 0.0855. The van der Waals surface area contributed by atoms with Gasteiger partial charge in [-0.3, -0.25) is 4.79 Å². The van der Waals surface area contributed by atoms with Crippen LogP contribution in [0.1, 0.15) is 36.0 Å². The molecule has 3 N–H and O–H groups in total. The summed E-state index contributed by atoms with van der Waals surface area (Å²) in [6.45, 7) is 2.36. The molecule has 2 fully saturated rings. The van der Waals surface area contributed by atoms with E-state index in [1.807, 2.05) is 0 Å². The Bertz CT molecular complexity index is 738. The molecule has 25 heavy (non-hydrogen) atoms. The van der Waals surface area contributed by atoms with E-state index in [1.165, 1.54) is 38.2 Å². The highest BCUT2D eigenvalue weighted by Crippen LogP contribution is 2.28. The number of nitrogens with two attached hydrogens (primary N) is 1. The lowest BCUT2D eigenvalue weighted by Crippen LogP contribution is -2.45. The zero-order valence-corrected chi connectivity index (χ0v) is 15.2. The maximum Gasteiger partial charge on any atom is 0.257 e. The molecule has 0 bridgehead atoms. The molecule has 1 aromatic rings. The molecule has 8 heteroatoms. The molecule has 0 unspecified atom stereocenters. The molecule has 1 amide bonds. The first-order valence-electron chi connectivity index (χ1n) is 8.62. The number of rotatable bonds is 6. The van der Waals surface area contributed by atoms with E-state index in [4.69, 9.17) is 9.88 Å². The van der Waals surface area contributed by atoms with Crippen LogP contribution in [-0.4, -0.2) is 52.0 Å². The highest BCUT2D eigenvalue weighted by molar-refractivity contribution is 7.89. The number of hydrogen-bond donors (Lipinski definition) is 2. The van der Waals surface area contributed by atoms with Crippen LogP contribution >= 0.6 is 0 Å². The number of likely N-dealkylation sites (tertiary alicyclic amines) is 1. The topological polar surface area (TPSA) is 102 Å². The second-order valence-corrected chi connectivity index (χ2v) is 8.39. The van der Waals surface area contributed by atoms with Crippen molar-refractivity contribution in [2.45, 2.75) is 36.6 Å². The number of nitrogens with zero attached hydrogens (tertiary/aromatic N) is 1. The summed E-state index contributed by atoms with van der Waals surface area (Å²) in [5.74, 6) is 0.972. The number of primary sulfonamides is 1. The van der Waals surface area contributed by atoms with Gasteiger partial charge in [-0.2, -0.15) is 0 Å². The van der Waals surface area contributed by atoms with Crippen LogP contribution in [0.2, 0.25) is 0 Å². The summed E-state index contributed by atoms with van der Waals surface area (Å²) >= 11 is 0. The summed E-state index contributed by atoms with van der Waals surface area (Å²) in [6.07, 6.45) is 4.44. The van der Waals surface area contributed by atoms with Gasteiger partial charge in [0.2, 0.25) is 10.0 Å². The highest BCUT2D eigenvalue weighted by Gasteiger charge is 2.28. The van der Waals surface area contributed by atoms with Gasteiger partial charge in [0.15, 0.2) is 0 Å². The highest BCUT2D eigenvalue weighted by atomic mass is 32.2. The lowest BCUT2D eigenvalue weighted by Gasteiger charge is -2.33. The second kappa shape index (κ2) is 7.31. The first-order valence-corrected chi connectivity index (χ1v) is 10.2. The van der Waals surface area contributed by atoms with Gasteiger partial charge in [-0.1, -0.05) is 0 Å². The van der Waals surface area contributed by atoms with Crippen molar-refractivity contribution in [2.75, 3.05) is 26.7 Å². The molecule has 0 aromatic heterocycles. The average Bonchev–Trinajstić information content (AvgIpc) is 3.43. The standard InChI is InChI=1S/C17H25N3O4S/c1-24-16-5-4-14(25(18,22)23)10-15(16)17(21)20-8-6-13(7-9-20)19-11-12-2-3-12/h4-5,10,12-13,19H,2-3,6-9,11H2,1H3,(H2,18,22,23). The molecular formula is C17H25N3O4S. The van der Waals surface area contributed by atoms with Crippen LogP contribution in [-0.2, 0) is 10.0 Å². The van der Waals surface area contributed by atoms with Gasteiger partial charge < -0.3 is 15.0 Å². The molecule has 0 atom stereocenters. The van der Waals surface area contributed by atoms with Crippen molar-refractivity contribution in [1.82, 2.24) is 10.2 Å². The van der Waals surface area contributed by atoms with Crippen molar-refractivity contribution in [3.8, 4) is 5.75 Å². The van der Waals surface area contributed by atoms with Crippen LogP contribution in [0.15, 0.2) is 23.1 Å². The lowest BCUT2D eigenvalue weighted by molar-refractivity contribution is 0.0701. The molecule has 1 aliphatic heterocycles. The van der Waals surface area contributed by atoms with Gasteiger partial charge in [-0.15, -0.1) is 0 Å². The van der Waals surface area contributed by atoms with E-state index >= 15 is 0 Å². The summed E-state index contributed by atoms with van der Waals surface area (Å²) < 4.78 is 28.3. The van der Waals surface area contributed by atoms with Gasteiger partial charge in [-0.05, 0) is 56.3 Å². The third kappa shape index (κ3) is 4.50. The number of methoxy groups -OCH3 is 1. The van der Waals surface area contributed by atoms with Crippen molar-refractivity contribution >= 4 is 15.9 Å². The van der Waals surface area contributed by atoms with Crippen LogP contribution in [0.25, 0.3) is 0 Å². The maximum absolute atomic E-state index is 12.8. The number of piperidine rings is 1. The number of nitrogens with one attached hydrogen (secondary N) is 1. The van der Waals surface area contributed by atoms with Crippen molar-refractivity contribution in [2.24, 2.45) is 11.1 Å². The number of carbonyl (C=O) groups excluding carboxylic acids is 1. The average molecular weight is 367 g/mol. The fourth-order valence-electron chi connectivity index (χ4n) is 3.14. The number of amides is 1. The molecule has 138 valence electrons. The van der Waals surface area contributed by atoms with E-state index in [1.54, 1.807) is 4.90 Å². The third-order valence-corrected chi connectivity index (χ3v) is 5.82. The lowest BCUT2D eigenvalue weighted by atomic mass is 10.0. The largest absolute Gasteiger partial charge is 0.496 e. The summed E-state index contributed by atoms with van der Waals surface area (Å²) in [5.41, 5.74) is 0.235. The molecule has 3 rings (SSSR count). The third-order valence-electron chi connectivity index (χ3n) is 4.90. The summed E-state index contributed by atoms with van der Waals surface area (Å²) in [4.78, 5) is 14.5. The van der Waals surface area contributed by atoms with Gasteiger partial charge in [-0.25, -0.2) is 13.6 Å². The molecule has 1 aromatic carbocycles. The molecule has 1 heterocycles. The van der Waals surface area contributed by atoms with Crippen molar-refractivity contribution in [1.29, 1.82) is 0 Å². The number of carbonyl (C=O) groups is 1. The van der Waals surface area contributed by atoms with Crippen LogP contribution in [0.3, 0.4) is 0 Å². The monoisotopic (exact) mass is 367 g/mol. The fraction of sp³-hybridized carbons (Fsp3) is 0.588. The molecule has 1 aliphatic carbocycles. The van der Waals surface area contributed by atoms with Crippen molar-refractivity contribution in [3.63, 3.8) is 0 Å². The van der Waals surface area contributed by atoms with Gasteiger partial charge in [0.25, 0.3) is 5.91 Å². The molecule has 2 aliphatic rings. The first kappa shape index (κ1) is 18.2. The quantitative estimate of drug-likeness (QED) is 0.779. The molecule has 1 saturated heterocycles. The smallest absolute Gasteiger partial charge is 0.257 e. The van der Waals surface area contributed by atoms with E-state index < -0.39 is 10.0 Å². The van der Waals surface area contributed by atoms with E-state index in [0.717, 1.165) is 25.3 Å². The summed E-state index contributed by atoms with van der Waals surface area (Å²) in [5, 5.41) is 8.75. The second-order valence-electron chi connectivity index (χ2n) is 6.83. The Balaban J connectivity index is 1.68. The van der Waals surface area contributed by atoms with Gasteiger partial charge in [0, 0.05) is 19.1 Å². The fourth-order valence-corrected chi connectivity index (χ4v) is 3.68. The normalized spacial score (nSPS) is 19.0. The van der Waals surface area contributed by atoms with E-state index in [9.17, 15) is 13.2 Å². The molecule has 0 radical (unpaired) electrons. The first-order chi connectivity index (χ1) is 11.9. The van der Waals surface area contributed by atoms with Crippen LogP contribution in [0.5, 0.6) is 5.75 Å². The number of benzene rings is 1. The Morgan fingerprint density at radius 1 is 1.28 bits per heavy atom. The van der Waals surface area contributed by atoms with Crippen molar-refractivity contribution in [3.05, 3.63) is 23.8 Å². The zero-order chi connectivity index (χ0) is 18.0. The Hall–Kier alpha value is -1.64. The Kier molecular flexibility index (Phi) is 5.31. The Morgan fingerprint density at radius 3 is 2.52 bits per heavy atom. The van der Waals surface area contributed by atoms with Crippen LogP contribution in [0.4, 0.5) is 0 Å². The van der Waals surface area contributed by atoms with E-state index in [0.29, 0.717) is 24.9 Å². The minimum atomic E-state index is -3.87. The van der Waals surface area contributed by atoms with E-state index in [2.05, 4.69) is 5.32 Å². The van der Waals surface area contributed by atoms with Crippen LogP contribution in [0, 0.1) is 5.92 Å². The Morgan fingerprint density at radius 2 is 1.96 bits per heavy atom. The van der Waals surface area contributed by atoms with Crippen LogP contribution < -0.4 is 15.2 Å². The number of ether oxygens (including phenoxy) is 1. The molecular weight excluding hydrogens is 342 g/mol. The zero-order valence-electron chi connectivity index (χ0n) is 14.4. The molecule has 1 saturated carbocycles. The SMILES string of the molecule is COc1ccc(S(N)(=O)=O)cc1C(=O)N1CCC(NCC2CC2)CC1. The predicted molar refractivity (Wildman–Crippen MR) is 94.0 cm³/mol. The maximum atomic E-state index is 12.8. The number of hydrogen-bond acceptors (Lipinski definition) is 5.